The molecule has 0 radical (unpaired) electrons. The van der Waals surface area contributed by atoms with Gasteiger partial charge in [-0.1, -0.05) is 13.3 Å². The number of Topliss-reactive ketones (excluding diaryl/α,β-unsaturated/α-hetero) is 1. The summed E-state index contributed by atoms with van der Waals surface area (Å²) in [6.45, 7) is 6.63. The van der Waals surface area contributed by atoms with Gasteiger partial charge in [-0.2, -0.15) is 0 Å². The van der Waals surface area contributed by atoms with Gasteiger partial charge in [-0.25, -0.2) is 0 Å². The van der Waals surface area contributed by atoms with Gasteiger partial charge in [-0.3, -0.25) is 9.69 Å². The van der Waals surface area contributed by atoms with Gasteiger partial charge in [-0.05, 0) is 43.9 Å². The Bertz CT molecular complexity index is 314. The summed E-state index contributed by atoms with van der Waals surface area (Å²) in [6, 6.07) is 0.468. The van der Waals surface area contributed by atoms with Crippen molar-refractivity contribution in [3.63, 3.8) is 0 Å². The molecule has 96 valence electrons. The topological polar surface area (TPSA) is 20.3 Å². The molecule has 0 amide bonds. The van der Waals surface area contributed by atoms with Crippen molar-refractivity contribution in [1.29, 1.82) is 0 Å². The van der Waals surface area contributed by atoms with Crippen LogP contribution in [0.2, 0.25) is 0 Å². The molecule has 2 bridgehead atoms. The molecular formula is C15H25NO. The Kier molecular flexibility index (Phi) is 3.02. The van der Waals surface area contributed by atoms with Gasteiger partial charge in [-0.15, -0.1) is 0 Å². The van der Waals surface area contributed by atoms with E-state index in [1.165, 1.54) is 32.2 Å². The number of nitrogens with zero attached hydrogens (tertiary/aromatic N) is 1. The molecule has 2 nitrogen and oxygen atoms in total. The molecule has 3 fully saturated rings. The first kappa shape index (κ1) is 11.7. The minimum Gasteiger partial charge on any atom is -0.299 e. The second-order valence-corrected chi connectivity index (χ2v) is 6.68. The minimum absolute atomic E-state index is 0.252. The smallest absolute Gasteiger partial charge is 0.138 e. The summed E-state index contributed by atoms with van der Waals surface area (Å²) in [6.07, 6.45) is 6.72. The van der Waals surface area contributed by atoms with Crippen LogP contribution in [0.1, 0.15) is 46.0 Å². The number of likely N-dealkylation sites (tertiary alicyclic amines) is 1. The third-order valence-electron chi connectivity index (χ3n) is 5.81. The number of hydrogen-bond acceptors (Lipinski definition) is 2. The Morgan fingerprint density at radius 3 is 2.71 bits per heavy atom. The summed E-state index contributed by atoms with van der Waals surface area (Å²) < 4.78 is 0. The van der Waals surface area contributed by atoms with Crippen LogP contribution < -0.4 is 0 Å². The predicted octanol–water partition coefficient (Wildman–Crippen LogP) is 2.72. The zero-order valence-electron chi connectivity index (χ0n) is 11.2. The predicted molar refractivity (Wildman–Crippen MR) is 68.8 cm³/mol. The molecule has 3 aliphatic rings. The quantitative estimate of drug-likeness (QED) is 0.733. The summed E-state index contributed by atoms with van der Waals surface area (Å²) >= 11 is 0. The molecule has 2 heteroatoms. The van der Waals surface area contributed by atoms with Gasteiger partial charge in [0.15, 0.2) is 0 Å². The normalized spacial score (nSPS) is 46.7. The molecule has 0 spiro atoms. The maximum Gasteiger partial charge on any atom is 0.138 e. The lowest BCUT2D eigenvalue weighted by Crippen LogP contribution is -2.48. The summed E-state index contributed by atoms with van der Waals surface area (Å²) in [4.78, 5) is 14.3. The molecule has 0 aromatic carbocycles. The molecule has 1 heterocycles. The van der Waals surface area contributed by atoms with Crippen LogP contribution in [0.25, 0.3) is 0 Å². The van der Waals surface area contributed by atoms with E-state index in [1.807, 2.05) is 0 Å². The van der Waals surface area contributed by atoms with E-state index in [0.29, 0.717) is 11.8 Å². The van der Waals surface area contributed by atoms with Crippen LogP contribution in [0.5, 0.6) is 0 Å². The number of fused-ring (bicyclic) bond motifs is 2. The van der Waals surface area contributed by atoms with Crippen LogP contribution in [0, 0.1) is 23.7 Å². The minimum atomic E-state index is 0.252. The average molecular weight is 235 g/mol. The number of hydrogen-bond donors (Lipinski definition) is 0. The highest BCUT2D eigenvalue weighted by molar-refractivity contribution is 5.82. The van der Waals surface area contributed by atoms with Crippen LogP contribution in [0.4, 0.5) is 0 Å². The molecule has 0 aromatic heterocycles. The fourth-order valence-electron chi connectivity index (χ4n) is 4.43. The fraction of sp³-hybridized carbons (Fsp3) is 0.933. The molecule has 17 heavy (non-hydrogen) atoms. The molecule has 0 N–H and O–H groups in total. The van der Waals surface area contributed by atoms with E-state index in [9.17, 15) is 4.79 Å². The van der Waals surface area contributed by atoms with E-state index in [-0.39, 0.29) is 5.92 Å². The van der Waals surface area contributed by atoms with E-state index >= 15 is 0 Å². The first-order chi connectivity index (χ1) is 8.15. The van der Waals surface area contributed by atoms with Crippen LogP contribution in [0.3, 0.4) is 0 Å². The Balaban J connectivity index is 1.60. The van der Waals surface area contributed by atoms with Gasteiger partial charge in [0.1, 0.15) is 5.78 Å². The van der Waals surface area contributed by atoms with E-state index in [0.717, 1.165) is 30.7 Å². The molecule has 1 aliphatic heterocycles. The molecule has 5 unspecified atom stereocenters. The van der Waals surface area contributed by atoms with Crippen LogP contribution in [-0.4, -0.2) is 29.8 Å². The standard InChI is InChI=1S/C15H25NO/c1-10-11(2)16(6-5-15(10)17)9-14-8-12-3-4-13(14)7-12/h10-14H,3-9H2,1-2H3. The van der Waals surface area contributed by atoms with Gasteiger partial charge in [0.2, 0.25) is 0 Å². The molecule has 1 saturated heterocycles. The van der Waals surface area contributed by atoms with Crippen LogP contribution in [-0.2, 0) is 4.79 Å². The second kappa shape index (κ2) is 4.38. The summed E-state index contributed by atoms with van der Waals surface area (Å²) in [5.74, 6) is 3.73. The zero-order valence-corrected chi connectivity index (χ0v) is 11.2. The van der Waals surface area contributed by atoms with Crippen LogP contribution in [0.15, 0.2) is 0 Å². The van der Waals surface area contributed by atoms with E-state index in [4.69, 9.17) is 0 Å². The zero-order chi connectivity index (χ0) is 12.0. The summed E-state index contributed by atoms with van der Waals surface area (Å²) in [5.41, 5.74) is 0. The van der Waals surface area contributed by atoms with Crippen molar-refractivity contribution >= 4 is 5.78 Å². The number of piperidine rings is 1. The number of ketones is 1. The third-order valence-corrected chi connectivity index (χ3v) is 5.81. The van der Waals surface area contributed by atoms with Gasteiger partial charge in [0.05, 0.1) is 0 Å². The number of carbonyl (C=O) groups is 1. The molecule has 3 rings (SSSR count). The SMILES string of the molecule is CC1C(=O)CCN(CC2CC3CCC2C3)C1C. The summed E-state index contributed by atoms with van der Waals surface area (Å²) in [5, 5.41) is 0. The Morgan fingerprint density at radius 2 is 2.06 bits per heavy atom. The Morgan fingerprint density at radius 1 is 1.24 bits per heavy atom. The highest BCUT2D eigenvalue weighted by Gasteiger charge is 2.41. The lowest BCUT2D eigenvalue weighted by molar-refractivity contribution is -0.128. The van der Waals surface area contributed by atoms with E-state index in [2.05, 4.69) is 18.7 Å². The van der Waals surface area contributed by atoms with E-state index < -0.39 is 0 Å². The largest absolute Gasteiger partial charge is 0.299 e. The van der Waals surface area contributed by atoms with Crippen LogP contribution >= 0.6 is 0 Å². The highest BCUT2D eigenvalue weighted by Crippen LogP contribution is 2.48. The molecule has 0 aromatic rings. The molecule has 2 saturated carbocycles. The van der Waals surface area contributed by atoms with Crippen molar-refractivity contribution in [2.75, 3.05) is 13.1 Å². The van der Waals surface area contributed by atoms with E-state index in [1.54, 1.807) is 0 Å². The first-order valence-corrected chi connectivity index (χ1v) is 7.42. The van der Waals surface area contributed by atoms with Gasteiger partial charge >= 0.3 is 0 Å². The van der Waals surface area contributed by atoms with Crippen molar-refractivity contribution in [3.05, 3.63) is 0 Å². The van der Waals surface area contributed by atoms with Gasteiger partial charge in [0.25, 0.3) is 0 Å². The van der Waals surface area contributed by atoms with Crippen molar-refractivity contribution in [2.24, 2.45) is 23.7 Å². The lowest BCUT2D eigenvalue weighted by atomic mass is 9.85. The molecule has 2 aliphatic carbocycles. The van der Waals surface area contributed by atoms with Crippen molar-refractivity contribution < 1.29 is 4.79 Å². The fourth-order valence-corrected chi connectivity index (χ4v) is 4.43. The Labute approximate surface area is 105 Å². The van der Waals surface area contributed by atoms with Crippen molar-refractivity contribution in [1.82, 2.24) is 4.90 Å². The molecule has 5 atom stereocenters. The first-order valence-electron chi connectivity index (χ1n) is 7.42. The van der Waals surface area contributed by atoms with Gasteiger partial charge in [0, 0.05) is 31.5 Å². The average Bonchev–Trinajstić information content (AvgIpc) is 2.92. The highest BCUT2D eigenvalue weighted by atomic mass is 16.1. The maximum atomic E-state index is 11.7. The third kappa shape index (κ3) is 2.05. The van der Waals surface area contributed by atoms with Crippen molar-refractivity contribution in [3.8, 4) is 0 Å². The number of carbonyl (C=O) groups excluding carboxylic acids is 1. The van der Waals surface area contributed by atoms with Crippen molar-refractivity contribution in [2.45, 2.75) is 52.0 Å². The summed E-state index contributed by atoms with van der Waals surface area (Å²) in [7, 11) is 0. The second-order valence-electron chi connectivity index (χ2n) is 6.68. The molecular weight excluding hydrogens is 210 g/mol. The maximum absolute atomic E-state index is 11.7. The lowest BCUT2D eigenvalue weighted by Gasteiger charge is -2.39. The monoisotopic (exact) mass is 235 g/mol. The van der Waals surface area contributed by atoms with Gasteiger partial charge < -0.3 is 0 Å². The number of rotatable bonds is 2. The Hall–Kier alpha value is -0.370.